The van der Waals surface area contributed by atoms with Gasteiger partial charge in [-0.3, -0.25) is 0 Å². The molecule has 0 atom stereocenters. The van der Waals surface area contributed by atoms with Crippen LogP contribution in [0.25, 0.3) is 0 Å². The Kier molecular flexibility index (Phi) is 3.66. The SMILES string of the molecule is Oc1ccc(C(C(F)(F)F)C(F)(F)F)cc1Br. The van der Waals surface area contributed by atoms with Gasteiger partial charge < -0.3 is 5.11 Å². The summed E-state index contributed by atoms with van der Waals surface area (Å²) in [7, 11) is 0. The monoisotopic (exact) mass is 322 g/mol. The Labute approximate surface area is 100 Å². The molecule has 0 unspecified atom stereocenters. The highest BCUT2D eigenvalue weighted by Crippen LogP contribution is 2.47. The van der Waals surface area contributed by atoms with Crippen LogP contribution in [-0.2, 0) is 0 Å². The standard InChI is InChI=1S/C9H5BrF6O/c10-5-3-4(1-2-6(5)17)7(8(11,12)13)9(14,15)16/h1-3,7,17H. The summed E-state index contributed by atoms with van der Waals surface area (Å²) in [5.74, 6) is -4.00. The number of hydrogen-bond acceptors (Lipinski definition) is 1. The van der Waals surface area contributed by atoms with Gasteiger partial charge in [0.1, 0.15) is 5.75 Å². The molecule has 0 radical (unpaired) electrons. The fourth-order valence-electron chi connectivity index (χ4n) is 1.27. The van der Waals surface area contributed by atoms with Gasteiger partial charge in [0.15, 0.2) is 5.92 Å². The van der Waals surface area contributed by atoms with Crippen LogP contribution in [0, 0.1) is 0 Å². The number of rotatable bonds is 1. The number of phenols is 1. The van der Waals surface area contributed by atoms with Gasteiger partial charge in [-0.1, -0.05) is 6.07 Å². The number of hydrogen-bond donors (Lipinski definition) is 1. The minimum atomic E-state index is -5.44. The minimum Gasteiger partial charge on any atom is -0.507 e. The van der Waals surface area contributed by atoms with Crippen molar-refractivity contribution in [2.45, 2.75) is 18.3 Å². The van der Waals surface area contributed by atoms with Crippen LogP contribution < -0.4 is 0 Å². The second kappa shape index (κ2) is 4.40. The summed E-state index contributed by atoms with van der Waals surface area (Å²) >= 11 is 2.66. The molecular weight excluding hydrogens is 318 g/mol. The minimum absolute atomic E-state index is 0.228. The van der Waals surface area contributed by atoms with Gasteiger partial charge in [-0.2, -0.15) is 26.3 Å². The van der Waals surface area contributed by atoms with E-state index in [4.69, 9.17) is 5.11 Å². The first kappa shape index (κ1) is 14.1. The van der Waals surface area contributed by atoms with Crippen LogP contribution in [0.2, 0.25) is 0 Å². The molecule has 0 amide bonds. The second-order valence-electron chi connectivity index (χ2n) is 3.23. The molecule has 0 spiro atoms. The first-order valence-corrected chi connectivity index (χ1v) is 4.94. The van der Waals surface area contributed by atoms with Gasteiger partial charge in [0.25, 0.3) is 0 Å². The molecule has 0 saturated heterocycles. The lowest BCUT2D eigenvalue weighted by molar-refractivity contribution is -0.253. The largest absolute Gasteiger partial charge is 0.507 e. The lowest BCUT2D eigenvalue weighted by Crippen LogP contribution is -2.34. The lowest BCUT2D eigenvalue weighted by atomic mass is 9.98. The maximum absolute atomic E-state index is 12.3. The third-order valence-electron chi connectivity index (χ3n) is 1.96. The maximum Gasteiger partial charge on any atom is 0.404 e. The van der Waals surface area contributed by atoms with Crippen LogP contribution >= 0.6 is 15.9 Å². The molecule has 1 aromatic rings. The number of aromatic hydroxyl groups is 1. The van der Waals surface area contributed by atoms with E-state index in [0.29, 0.717) is 12.1 Å². The van der Waals surface area contributed by atoms with Crippen molar-refractivity contribution in [2.24, 2.45) is 0 Å². The molecule has 0 aliphatic rings. The number of benzene rings is 1. The molecular formula is C9H5BrF6O. The molecule has 0 aliphatic heterocycles. The van der Waals surface area contributed by atoms with Crippen molar-refractivity contribution in [1.29, 1.82) is 0 Å². The fourth-order valence-corrected chi connectivity index (χ4v) is 1.66. The summed E-state index contributed by atoms with van der Waals surface area (Å²) in [5, 5.41) is 9.02. The average Bonchev–Trinajstić information content (AvgIpc) is 2.06. The first-order valence-electron chi connectivity index (χ1n) is 4.15. The molecule has 1 N–H and O–H groups in total. The summed E-state index contributed by atoms with van der Waals surface area (Å²) in [4.78, 5) is 0. The number of alkyl halides is 6. The third-order valence-corrected chi connectivity index (χ3v) is 2.59. The molecule has 0 aliphatic carbocycles. The van der Waals surface area contributed by atoms with E-state index in [1.807, 2.05) is 0 Å². The van der Waals surface area contributed by atoms with Crippen molar-refractivity contribution >= 4 is 15.9 Å². The molecule has 0 fully saturated rings. The molecule has 0 saturated carbocycles. The van der Waals surface area contributed by atoms with Crippen LogP contribution in [-0.4, -0.2) is 17.5 Å². The Bertz CT molecular complexity index is 397. The number of phenolic OH excluding ortho intramolecular Hbond substituents is 1. The predicted octanol–water partition coefficient (Wildman–Crippen LogP) is 4.36. The first-order chi connectivity index (χ1) is 7.53. The van der Waals surface area contributed by atoms with Crippen molar-refractivity contribution in [1.82, 2.24) is 0 Å². The van der Waals surface area contributed by atoms with Gasteiger partial charge in [0, 0.05) is 0 Å². The molecule has 1 rings (SSSR count). The number of halogens is 7. The summed E-state index contributed by atoms with van der Waals surface area (Å²) in [6, 6.07) is 1.95. The van der Waals surface area contributed by atoms with Gasteiger partial charge in [-0.05, 0) is 33.6 Å². The molecule has 1 nitrogen and oxygen atoms in total. The molecule has 0 heterocycles. The quantitative estimate of drug-likeness (QED) is 0.761. The third kappa shape index (κ3) is 3.27. The summed E-state index contributed by atoms with van der Waals surface area (Å²) in [5.41, 5.74) is -0.977. The Hall–Kier alpha value is -0.920. The average molecular weight is 323 g/mol. The Morgan fingerprint density at radius 1 is 1.00 bits per heavy atom. The van der Waals surface area contributed by atoms with Crippen molar-refractivity contribution in [3.8, 4) is 5.75 Å². The van der Waals surface area contributed by atoms with E-state index in [1.165, 1.54) is 0 Å². The van der Waals surface area contributed by atoms with Crippen molar-refractivity contribution in [2.75, 3.05) is 0 Å². The summed E-state index contributed by atoms with van der Waals surface area (Å²) in [6.07, 6.45) is -10.9. The van der Waals surface area contributed by atoms with Crippen molar-refractivity contribution < 1.29 is 31.4 Å². The highest BCUT2D eigenvalue weighted by Gasteiger charge is 2.57. The van der Waals surface area contributed by atoms with Crippen molar-refractivity contribution in [3.63, 3.8) is 0 Å². The Morgan fingerprint density at radius 2 is 1.47 bits per heavy atom. The normalized spacial score (nSPS) is 13.2. The van der Waals surface area contributed by atoms with Crippen LogP contribution in [0.3, 0.4) is 0 Å². The molecule has 8 heteroatoms. The van der Waals surface area contributed by atoms with Crippen LogP contribution in [0.1, 0.15) is 11.5 Å². The fraction of sp³-hybridized carbons (Fsp3) is 0.333. The van der Waals surface area contributed by atoms with Crippen LogP contribution in [0.15, 0.2) is 22.7 Å². The van der Waals surface area contributed by atoms with Crippen molar-refractivity contribution in [3.05, 3.63) is 28.2 Å². The zero-order chi connectivity index (χ0) is 13.4. The van der Waals surface area contributed by atoms with E-state index < -0.39 is 29.6 Å². The van der Waals surface area contributed by atoms with Gasteiger partial charge in [-0.15, -0.1) is 0 Å². The zero-order valence-corrected chi connectivity index (χ0v) is 9.49. The summed E-state index contributed by atoms with van der Waals surface area (Å²) in [6.45, 7) is 0. The van der Waals surface area contributed by atoms with E-state index >= 15 is 0 Å². The topological polar surface area (TPSA) is 20.2 Å². The van der Waals surface area contributed by atoms with E-state index in [1.54, 1.807) is 0 Å². The Balaban J connectivity index is 3.29. The van der Waals surface area contributed by atoms with Crippen LogP contribution in [0.5, 0.6) is 5.75 Å². The second-order valence-corrected chi connectivity index (χ2v) is 4.08. The van der Waals surface area contributed by atoms with E-state index in [2.05, 4.69) is 15.9 Å². The smallest absolute Gasteiger partial charge is 0.404 e. The molecule has 0 aromatic heterocycles. The maximum atomic E-state index is 12.3. The van der Waals surface area contributed by atoms with Gasteiger partial charge in [0.05, 0.1) is 4.47 Å². The van der Waals surface area contributed by atoms with E-state index in [0.717, 1.165) is 6.07 Å². The van der Waals surface area contributed by atoms with Gasteiger partial charge >= 0.3 is 12.4 Å². The zero-order valence-electron chi connectivity index (χ0n) is 7.90. The molecule has 1 aromatic carbocycles. The van der Waals surface area contributed by atoms with Gasteiger partial charge in [-0.25, -0.2) is 0 Å². The molecule has 96 valence electrons. The molecule has 17 heavy (non-hydrogen) atoms. The van der Waals surface area contributed by atoms with E-state index in [-0.39, 0.29) is 4.47 Å². The van der Waals surface area contributed by atoms with Crippen LogP contribution in [0.4, 0.5) is 26.3 Å². The van der Waals surface area contributed by atoms with Gasteiger partial charge in [0.2, 0.25) is 0 Å². The van der Waals surface area contributed by atoms with E-state index in [9.17, 15) is 26.3 Å². The highest BCUT2D eigenvalue weighted by atomic mass is 79.9. The lowest BCUT2D eigenvalue weighted by Gasteiger charge is -2.23. The Morgan fingerprint density at radius 3 is 1.82 bits per heavy atom. The predicted molar refractivity (Wildman–Crippen MR) is 50.7 cm³/mol. The highest BCUT2D eigenvalue weighted by molar-refractivity contribution is 9.10. The molecule has 0 bridgehead atoms. The summed E-state index contributed by atoms with van der Waals surface area (Å²) < 4.78 is 73.8.